The lowest BCUT2D eigenvalue weighted by Gasteiger charge is -2.22. The van der Waals surface area contributed by atoms with Crippen LogP contribution in [0.25, 0.3) is 0 Å². The van der Waals surface area contributed by atoms with Gasteiger partial charge < -0.3 is 19.1 Å². The fourth-order valence-electron chi connectivity index (χ4n) is 1.51. The number of ether oxygens (including phenoxy) is 2. The Morgan fingerprint density at radius 1 is 1.24 bits per heavy atom. The van der Waals surface area contributed by atoms with E-state index in [4.69, 9.17) is 9.47 Å². The zero-order chi connectivity index (χ0) is 12.9. The lowest BCUT2D eigenvalue weighted by Crippen LogP contribution is -2.28. The Morgan fingerprint density at radius 2 is 1.88 bits per heavy atom. The summed E-state index contributed by atoms with van der Waals surface area (Å²) >= 11 is 0. The van der Waals surface area contributed by atoms with Crippen molar-refractivity contribution in [2.24, 2.45) is 0 Å². The van der Waals surface area contributed by atoms with Crippen LogP contribution < -0.4 is 0 Å². The Bertz CT molecular complexity index is 350. The van der Waals surface area contributed by atoms with Gasteiger partial charge in [-0.25, -0.2) is 0 Å². The molecule has 98 valence electrons. The summed E-state index contributed by atoms with van der Waals surface area (Å²) in [6, 6.07) is 0. The molecule has 1 rings (SSSR count). The Kier molecular flexibility index (Phi) is 5.04. The maximum absolute atomic E-state index is 9.19. The molecule has 1 heterocycles. The Hall–Kier alpha value is -0.980. The van der Waals surface area contributed by atoms with Crippen molar-refractivity contribution in [2.45, 2.75) is 39.0 Å². The van der Waals surface area contributed by atoms with E-state index in [-0.39, 0.29) is 12.2 Å². The number of hydrogen-bond donors (Lipinski definition) is 1. The average molecular weight is 243 g/mol. The third kappa shape index (κ3) is 3.76. The van der Waals surface area contributed by atoms with Crippen molar-refractivity contribution in [3.05, 3.63) is 11.6 Å². The number of aliphatic hydroxyl groups is 1. The van der Waals surface area contributed by atoms with Gasteiger partial charge in [-0.3, -0.25) is 0 Å². The minimum Gasteiger partial charge on any atom is -0.388 e. The molecule has 0 atom stereocenters. The van der Waals surface area contributed by atoms with Crippen molar-refractivity contribution in [1.29, 1.82) is 0 Å². The number of aromatic nitrogens is 3. The van der Waals surface area contributed by atoms with Gasteiger partial charge in [0.15, 0.2) is 5.82 Å². The molecule has 0 radical (unpaired) electrons. The topological polar surface area (TPSA) is 69.4 Å². The molecule has 0 unspecified atom stereocenters. The van der Waals surface area contributed by atoms with Gasteiger partial charge in [-0.15, -0.1) is 10.2 Å². The summed E-state index contributed by atoms with van der Waals surface area (Å²) in [5.74, 6) is 1.36. The van der Waals surface area contributed by atoms with Gasteiger partial charge in [0.25, 0.3) is 0 Å². The first-order valence-corrected chi connectivity index (χ1v) is 5.60. The molecule has 0 saturated carbocycles. The van der Waals surface area contributed by atoms with Gasteiger partial charge in [-0.1, -0.05) is 0 Å². The fourth-order valence-corrected chi connectivity index (χ4v) is 1.51. The molecule has 0 fully saturated rings. The van der Waals surface area contributed by atoms with E-state index in [2.05, 4.69) is 10.2 Å². The minimum absolute atomic E-state index is 0.121. The molecule has 1 aromatic rings. The predicted molar refractivity (Wildman–Crippen MR) is 62.6 cm³/mol. The van der Waals surface area contributed by atoms with Crippen molar-refractivity contribution in [1.82, 2.24) is 14.8 Å². The minimum atomic E-state index is -0.301. The predicted octanol–water partition coefficient (Wildman–Crippen LogP) is 0.384. The lowest BCUT2D eigenvalue weighted by molar-refractivity contribution is 0.0205. The number of hydrogen-bond acceptors (Lipinski definition) is 5. The molecule has 0 bridgehead atoms. The Balaban J connectivity index is 2.87. The van der Waals surface area contributed by atoms with Crippen LogP contribution in [0.4, 0.5) is 0 Å². The van der Waals surface area contributed by atoms with Crippen LogP contribution in [0.5, 0.6) is 0 Å². The normalized spacial score (nSPS) is 12.1. The van der Waals surface area contributed by atoms with E-state index in [9.17, 15) is 5.11 Å². The molecule has 0 spiro atoms. The van der Waals surface area contributed by atoms with E-state index in [1.54, 1.807) is 14.2 Å². The first-order valence-electron chi connectivity index (χ1n) is 5.60. The van der Waals surface area contributed by atoms with Crippen LogP contribution >= 0.6 is 0 Å². The van der Waals surface area contributed by atoms with Crippen molar-refractivity contribution >= 4 is 0 Å². The molecular weight excluding hydrogens is 222 g/mol. The second kappa shape index (κ2) is 6.09. The van der Waals surface area contributed by atoms with E-state index in [0.29, 0.717) is 25.4 Å². The summed E-state index contributed by atoms with van der Waals surface area (Å²) in [6.45, 7) is 5.05. The van der Waals surface area contributed by atoms with Gasteiger partial charge in [-0.05, 0) is 13.8 Å². The molecule has 0 aliphatic rings. The molecule has 0 aliphatic heterocycles. The highest BCUT2D eigenvalue weighted by Crippen LogP contribution is 2.15. The largest absolute Gasteiger partial charge is 0.388 e. The fraction of sp³-hybridized carbons (Fsp3) is 0.818. The van der Waals surface area contributed by atoms with Gasteiger partial charge in [0.05, 0.1) is 12.2 Å². The lowest BCUT2D eigenvalue weighted by atomic mass is 10.1. The summed E-state index contributed by atoms with van der Waals surface area (Å²) in [6.07, 6.45) is 0.639. The maximum Gasteiger partial charge on any atom is 0.158 e. The smallest absolute Gasteiger partial charge is 0.158 e. The Labute approximate surface area is 102 Å². The van der Waals surface area contributed by atoms with Gasteiger partial charge in [0.2, 0.25) is 0 Å². The van der Waals surface area contributed by atoms with Crippen LogP contribution in [0.1, 0.15) is 25.5 Å². The molecule has 1 N–H and O–H groups in total. The van der Waals surface area contributed by atoms with Gasteiger partial charge in [-0.2, -0.15) is 0 Å². The van der Waals surface area contributed by atoms with E-state index >= 15 is 0 Å². The van der Waals surface area contributed by atoms with Gasteiger partial charge in [0, 0.05) is 27.2 Å². The number of aliphatic hydroxyl groups excluding tert-OH is 1. The molecule has 0 aromatic carbocycles. The van der Waals surface area contributed by atoms with Crippen LogP contribution in [0, 0.1) is 0 Å². The van der Waals surface area contributed by atoms with Crippen LogP contribution in [0.15, 0.2) is 0 Å². The molecule has 0 aliphatic carbocycles. The van der Waals surface area contributed by atoms with Crippen molar-refractivity contribution < 1.29 is 14.6 Å². The van der Waals surface area contributed by atoms with Gasteiger partial charge in [0.1, 0.15) is 12.4 Å². The highest BCUT2D eigenvalue weighted by atomic mass is 16.5. The molecule has 0 saturated heterocycles. The summed E-state index contributed by atoms with van der Waals surface area (Å²) < 4.78 is 12.3. The highest BCUT2D eigenvalue weighted by molar-refractivity contribution is 4.99. The monoisotopic (exact) mass is 243 g/mol. The van der Waals surface area contributed by atoms with E-state index in [0.717, 1.165) is 5.82 Å². The van der Waals surface area contributed by atoms with E-state index in [1.165, 1.54) is 0 Å². The van der Waals surface area contributed by atoms with Crippen molar-refractivity contribution in [3.8, 4) is 0 Å². The first kappa shape index (κ1) is 14.1. The third-order valence-corrected chi connectivity index (χ3v) is 2.70. The second-order valence-electron chi connectivity index (χ2n) is 4.48. The summed E-state index contributed by atoms with van der Waals surface area (Å²) in [4.78, 5) is 0. The summed E-state index contributed by atoms with van der Waals surface area (Å²) in [7, 11) is 3.31. The maximum atomic E-state index is 9.19. The average Bonchev–Trinajstić information content (AvgIpc) is 2.68. The SMILES string of the molecule is COCCn1c(CO)nnc1CC(C)(C)OC. The van der Waals surface area contributed by atoms with Crippen molar-refractivity contribution in [2.75, 3.05) is 20.8 Å². The van der Waals surface area contributed by atoms with Gasteiger partial charge >= 0.3 is 0 Å². The molecule has 17 heavy (non-hydrogen) atoms. The number of methoxy groups -OCH3 is 2. The Morgan fingerprint density at radius 3 is 2.41 bits per heavy atom. The summed E-state index contributed by atoms with van der Waals surface area (Å²) in [5.41, 5.74) is -0.301. The molecule has 6 nitrogen and oxygen atoms in total. The zero-order valence-corrected chi connectivity index (χ0v) is 10.9. The van der Waals surface area contributed by atoms with Crippen LogP contribution in [0.2, 0.25) is 0 Å². The van der Waals surface area contributed by atoms with Crippen LogP contribution in [-0.2, 0) is 29.0 Å². The number of nitrogens with zero attached hydrogens (tertiary/aromatic N) is 3. The molecular formula is C11H21N3O3. The first-order chi connectivity index (χ1) is 8.04. The van der Waals surface area contributed by atoms with Crippen LogP contribution in [-0.4, -0.2) is 46.3 Å². The summed E-state index contributed by atoms with van der Waals surface area (Å²) in [5, 5.41) is 17.2. The number of rotatable bonds is 7. The molecule has 6 heteroatoms. The molecule has 0 amide bonds. The van der Waals surface area contributed by atoms with E-state index < -0.39 is 0 Å². The van der Waals surface area contributed by atoms with Crippen molar-refractivity contribution in [3.63, 3.8) is 0 Å². The highest BCUT2D eigenvalue weighted by Gasteiger charge is 2.22. The standard InChI is InChI=1S/C11H21N3O3/c1-11(2,17-4)7-9-12-13-10(8-15)14(9)5-6-16-3/h15H,5-8H2,1-4H3. The van der Waals surface area contributed by atoms with E-state index in [1.807, 2.05) is 18.4 Å². The molecule has 1 aromatic heterocycles. The zero-order valence-electron chi connectivity index (χ0n) is 10.9. The quantitative estimate of drug-likeness (QED) is 0.750. The third-order valence-electron chi connectivity index (χ3n) is 2.70. The van der Waals surface area contributed by atoms with Crippen LogP contribution in [0.3, 0.4) is 0 Å². The second-order valence-corrected chi connectivity index (χ2v) is 4.48.